The van der Waals surface area contributed by atoms with Crippen LogP contribution in [-0.4, -0.2) is 17.6 Å². The minimum absolute atomic E-state index is 0.0993. The average molecular weight is 301 g/mol. The van der Waals surface area contributed by atoms with Gasteiger partial charge in [-0.15, -0.1) is 0 Å². The second-order valence-corrected chi connectivity index (χ2v) is 5.95. The zero-order valence-corrected chi connectivity index (χ0v) is 13.5. The number of hydrogen-bond donors (Lipinski definition) is 0. The number of carbonyl (C=O) groups excluding carboxylic acids is 3. The number of ketones is 1. The molecule has 0 aromatic heterocycles. The fourth-order valence-corrected chi connectivity index (χ4v) is 3.18. The Balaban J connectivity index is 2.26. The summed E-state index contributed by atoms with van der Waals surface area (Å²) in [6.07, 6.45) is 1.98. The third-order valence-corrected chi connectivity index (χ3v) is 4.28. The summed E-state index contributed by atoms with van der Waals surface area (Å²) in [6, 6.07) is 7.34. The molecule has 1 saturated heterocycles. The van der Waals surface area contributed by atoms with Crippen molar-refractivity contribution in [3.63, 3.8) is 0 Å². The Morgan fingerprint density at radius 1 is 1.32 bits per heavy atom. The van der Waals surface area contributed by atoms with Crippen molar-refractivity contribution in [3.05, 3.63) is 29.8 Å². The van der Waals surface area contributed by atoms with Crippen molar-refractivity contribution in [2.75, 3.05) is 4.90 Å². The minimum Gasteiger partial charge on any atom is -0.299 e. The Kier molecular flexibility index (Phi) is 5.11. The van der Waals surface area contributed by atoms with Gasteiger partial charge in [-0.2, -0.15) is 0 Å². The number of imide groups is 1. The molecule has 2 rings (SSSR count). The van der Waals surface area contributed by atoms with Gasteiger partial charge in [-0.25, -0.2) is 0 Å². The maximum Gasteiger partial charge on any atom is 0.238 e. The van der Waals surface area contributed by atoms with Gasteiger partial charge in [0.05, 0.1) is 11.6 Å². The van der Waals surface area contributed by atoms with Gasteiger partial charge in [0.25, 0.3) is 0 Å². The first-order valence-electron chi connectivity index (χ1n) is 7.95. The predicted molar refractivity (Wildman–Crippen MR) is 85.5 cm³/mol. The Morgan fingerprint density at radius 3 is 2.64 bits per heavy atom. The number of nitrogens with zero attached hydrogens (tertiary/aromatic N) is 1. The molecule has 1 aliphatic rings. The number of rotatable bonds is 6. The summed E-state index contributed by atoms with van der Waals surface area (Å²) in [5, 5.41) is 0. The molecule has 0 radical (unpaired) electrons. The van der Waals surface area contributed by atoms with Crippen LogP contribution in [0.1, 0.15) is 45.1 Å². The molecule has 0 saturated carbocycles. The highest BCUT2D eigenvalue weighted by Gasteiger charge is 2.44. The molecule has 1 aliphatic heterocycles. The third kappa shape index (κ3) is 3.11. The van der Waals surface area contributed by atoms with E-state index in [9.17, 15) is 14.4 Å². The van der Waals surface area contributed by atoms with E-state index in [1.54, 1.807) is 6.07 Å². The number of Topliss-reactive ketones (excluding diaryl/α,β-unsaturated/α-hetero) is 1. The van der Waals surface area contributed by atoms with Gasteiger partial charge in [-0.1, -0.05) is 26.0 Å². The monoisotopic (exact) mass is 301 g/mol. The predicted octanol–water partition coefficient (Wildman–Crippen LogP) is 3.27. The first-order chi connectivity index (χ1) is 10.5. The lowest BCUT2D eigenvalue weighted by molar-refractivity contribution is -0.130. The largest absolute Gasteiger partial charge is 0.299 e. The number of amides is 2. The summed E-state index contributed by atoms with van der Waals surface area (Å²) in [4.78, 5) is 38.5. The van der Waals surface area contributed by atoms with Crippen molar-refractivity contribution in [3.8, 4) is 0 Å². The molecule has 1 fully saturated rings. The van der Waals surface area contributed by atoms with Crippen molar-refractivity contribution < 1.29 is 14.4 Å². The van der Waals surface area contributed by atoms with E-state index in [0.29, 0.717) is 18.5 Å². The SMILES string of the molecule is CCCC(=O)C(CC)C1CC(=O)N(c2cccc(C)c2)C1=O. The summed E-state index contributed by atoms with van der Waals surface area (Å²) in [5.41, 5.74) is 1.60. The molecule has 2 atom stereocenters. The lowest BCUT2D eigenvalue weighted by atomic mass is 9.84. The molecule has 2 amide bonds. The van der Waals surface area contributed by atoms with E-state index in [1.165, 1.54) is 4.90 Å². The van der Waals surface area contributed by atoms with Gasteiger partial charge < -0.3 is 0 Å². The first-order valence-corrected chi connectivity index (χ1v) is 7.95. The quantitative estimate of drug-likeness (QED) is 0.758. The van der Waals surface area contributed by atoms with E-state index in [2.05, 4.69) is 0 Å². The molecular weight excluding hydrogens is 278 g/mol. The van der Waals surface area contributed by atoms with Gasteiger partial charge >= 0.3 is 0 Å². The van der Waals surface area contributed by atoms with Gasteiger partial charge in [0.15, 0.2) is 0 Å². The lowest BCUT2D eigenvalue weighted by Crippen LogP contribution is -2.34. The highest BCUT2D eigenvalue weighted by molar-refractivity contribution is 6.21. The fraction of sp³-hybridized carbons (Fsp3) is 0.500. The van der Waals surface area contributed by atoms with E-state index in [-0.39, 0.29) is 29.9 Å². The molecule has 2 unspecified atom stereocenters. The maximum atomic E-state index is 12.7. The van der Waals surface area contributed by atoms with E-state index < -0.39 is 5.92 Å². The summed E-state index contributed by atoms with van der Waals surface area (Å²) in [7, 11) is 0. The van der Waals surface area contributed by atoms with Gasteiger partial charge in [0.1, 0.15) is 5.78 Å². The van der Waals surface area contributed by atoms with E-state index in [0.717, 1.165) is 12.0 Å². The number of anilines is 1. The maximum absolute atomic E-state index is 12.7. The molecule has 4 nitrogen and oxygen atoms in total. The van der Waals surface area contributed by atoms with Crippen LogP contribution in [0.25, 0.3) is 0 Å². The first kappa shape index (κ1) is 16.4. The van der Waals surface area contributed by atoms with Crippen LogP contribution in [0.4, 0.5) is 5.69 Å². The molecule has 0 aliphatic carbocycles. The summed E-state index contributed by atoms with van der Waals surface area (Å²) >= 11 is 0. The van der Waals surface area contributed by atoms with Crippen molar-refractivity contribution >= 4 is 23.3 Å². The van der Waals surface area contributed by atoms with E-state index in [4.69, 9.17) is 0 Å². The second kappa shape index (κ2) is 6.86. The second-order valence-electron chi connectivity index (χ2n) is 5.95. The summed E-state index contributed by atoms with van der Waals surface area (Å²) < 4.78 is 0. The molecule has 1 heterocycles. The van der Waals surface area contributed by atoms with Crippen LogP contribution in [0.3, 0.4) is 0 Å². The Bertz CT molecular complexity index is 594. The third-order valence-electron chi connectivity index (χ3n) is 4.28. The highest BCUT2D eigenvalue weighted by atomic mass is 16.2. The van der Waals surface area contributed by atoms with Crippen LogP contribution >= 0.6 is 0 Å². The highest BCUT2D eigenvalue weighted by Crippen LogP contribution is 2.33. The summed E-state index contributed by atoms with van der Waals surface area (Å²) in [5.74, 6) is -1.18. The zero-order valence-electron chi connectivity index (χ0n) is 13.5. The topological polar surface area (TPSA) is 54.5 Å². The van der Waals surface area contributed by atoms with Crippen molar-refractivity contribution in [2.24, 2.45) is 11.8 Å². The Hall–Kier alpha value is -1.97. The molecule has 0 bridgehead atoms. The van der Waals surface area contributed by atoms with Crippen LogP contribution in [-0.2, 0) is 14.4 Å². The van der Waals surface area contributed by atoms with Crippen molar-refractivity contribution in [1.82, 2.24) is 0 Å². The van der Waals surface area contributed by atoms with Crippen LogP contribution in [0.5, 0.6) is 0 Å². The van der Waals surface area contributed by atoms with Crippen LogP contribution < -0.4 is 4.90 Å². The molecule has 22 heavy (non-hydrogen) atoms. The average Bonchev–Trinajstić information content (AvgIpc) is 2.75. The number of carbonyl (C=O) groups is 3. The number of aryl methyl sites for hydroxylation is 1. The van der Waals surface area contributed by atoms with E-state index in [1.807, 2.05) is 39.0 Å². The minimum atomic E-state index is -0.503. The van der Waals surface area contributed by atoms with Gasteiger partial charge in [0, 0.05) is 18.8 Å². The molecular formula is C18H23NO3. The fourth-order valence-electron chi connectivity index (χ4n) is 3.18. The normalized spacial score (nSPS) is 19.6. The molecule has 0 N–H and O–H groups in total. The van der Waals surface area contributed by atoms with Gasteiger partial charge in [-0.3, -0.25) is 19.3 Å². The molecule has 4 heteroatoms. The lowest BCUT2D eigenvalue weighted by Gasteiger charge is -2.20. The van der Waals surface area contributed by atoms with Crippen LogP contribution in [0, 0.1) is 18.8 Å². The number of hydrogen-bond acceptors (Lipinski definition) is 3. The Morgan fingerprint density at radius 2 is 2.05 bits per heavy atom. The zero-order chi connectivity index (χ0) is 16.3. The molecule has 0 spiro atoms. The standard InChI is InChI=1S/C18H23NO3/c1-4-7-16(20)14(5-2)15-11-17(21)19(18(15)22)13-9-6-8-12(3)10-13/h6,8-10,14-15H,4-5,7,11H2,1-3H3. The molecule has 1 aromatic carbocycles. The Labute approximate surface area is 131 Å². The van der Waals surface area contributed by atoms with Crippen LogP contribution in [0.15, 0.2) is 24.3 Å². The van der Waals surface area contributed by atoms with Gasteiger partial charge in [0.2, 0.25) is 11.8 Å². The van der Waals surface area contributed by atoms with Crippen molar-refractivity contribution in [2.45, 2.75) is 46.5 Å². The molecule has 1 aromatic rings. The van der Waals surface area contributed by atoms with Crippen LogP contribution in [0.2, 0.25) is 0 Å². The molecule has 118 valence electrons. The number of benzene rings is 1. The van der Waals surface area contributed by atoms with E-state index >= 15 is 0 Å². The smallest absolute Gasteiger partial charge is 0.238 e. The van der Waals surface area contributed by atoms with Gasteiger partial charge in [-0.05, 0) is 37.5 Å². The van der Waals surface area contributed by atoms with Crippen molar-refractivity contribution in [1.29, 1.82) is 0 Å². The summed E-state index contributed by atoms with van der Waals surface area (Å²) in [6.45, 7) is 5.78.